The average Bonchev–Trinajstić information content (AvgIpc) is 3.31. The molecule has 0 radical (unpaired) electrons. The Kier molecular flexibility index (Phi) is 4.96. The second-order valence-corrected chi connectivity index (χ2v) is 8.10. The molecule has 1 spiro atoms. The number of carbonyl (C=O) groups excluding carboxylic acids is 1. The van der Waals surface area contributed by atoms with Crippen LogP contribution in [0, 0.1) is 19.3 Å². The van der Waals surface area contributed by atoms with Gasteiger partial charge in [-0.05, 0) is 62.1 Å². The summed E-state index contributed by atoms with van der Waals surface area (Å²) in [6, 6.07) is 6.37. The molecule has 2 heterocycles. The SMILES string of the molecule is CCOC(=O)c1cnc(N2CCC3(CC3)C2)nc1NCc1ccc(C)c(C)c1. The van der Waals surface area contributed by atoms with Crippen LogP contribution in [0.2, 0.25) is 0 Å². The molecule has 4 rings (SSSR count). The van der Waals surface area contributed by atoms with Crippen LogP contribution in [-0.2, 0) is 11.3 Å². The highest BCUT2D eigenvalue weighted by atomic mass is 16.5. The van der Waals surface area contributed by atoms with Crippen molar-refractivity contribution >= 4 is 17.7 Å². The number of benzene rings is 1. The van der Waals surface area contributed by atoms with Crippen LogP contribution in [-0.4, -0.2) is 35.6 Å². The van der Waals surface area contributed by atoms with Crippen molar-refractivity contribution in [1.29, 1.82) is 0 Å². The van der Waals surface area contributed by atoms with Crippen molar-refractivity contribution in [3.05, 3.63) is 46.6 Å². The fourth-order valence-electron chi connectivity index (χ4n) is 3.81. The number of ether oxygens (including phenoxy) is 1. The van der Waals surface area contributed by atoms with Crippen LogP contribution >= 0.6 is 0 Å². The van der Waals surface area contributed by atoms with Crippen molar-refractivity contribution in [2.24, 2.45) is 5.41 Å². The lowest BCUT2D eigenvalue weighted by Gasteiger charge is -2.18. The summed E-state index contributed by atoms with van der Waals surface area (Å²) in [7, 11) is 0. The Labute approximate surface area is 166 Å². The normalized spacial score (nSPS) is 17.0. The fourth-order valence-corrected chi connectivity index (χ4v) is 3.81. The van der Waals surface area contributed by atoms with Gasteiger partial charge in [0.15, 0.2) is 0 Å². The molecule has 1 saturated carbocycles. The third-order valence-electron chi connectivity index (χ3n) is 5.98. The maximum Gasteiger partial charge on any atom is 0.343 e. The van der Waals surface area contributed by atoms with Crippen LogP contribution in [0.4, 0.5) is 11.8 Å². The molecule has 1 N–H and O–H groups in total. The topological polar surface area (TPSA) is 67.3 Å². The van der Waals surface area contributed by atoms with E-state index in [0.29, 0.717) is 35.9 Å². The van der Waals surface area contributed by atoms with Gasteiger partial charge < -0.3 is 15.0 Å². The molecule has 0 unspecified atom stereocenters. The number of hydrogen-bond acceptors (Lipinski definition) is 6. The molecular weight excluding hydrogens is 352 g/mol. The van der Waals surface area contributed by atoms with E-state index in [0.717, 1.165) is 18.7 Å². The summed E-state index contributed by atoms with van der Waals surface area (Å²) in [5, 5.41) is 3.34. The van der Waals surface area contributed by atoms with Gasteiger partial charge in [0.2, 0.25) is 5.95 Å². The number of esters is 1. The van der Waals surface area contributed by atoms with Crippen molar-refractivity contribution in [3.8, 4) is 0 Å². The Morgan fingerprint density at radius 1 is 1.25 bits per heavy atom. The van der Waals surface area contributed by atoms with Crippen molar-refractivity contribution in [3.63, 3.8) is 0 Å². The Balaban J connectivity index is 1.56. The highest BCUT2D eigenvalue weighted by Gasteiger charge is 2.48. The van der Waals surface area contributed by atoms with Crippen LogP contribution < -0.4 is 10.2 Å². The number of nitrogens with one attached hydrogen (secondary N) is 1. The molecule has 1 aromatic carbocycles. The van der Waals surface area contributed by atoms with Crippen molar-refractivity contribution in [1.82, 2.24) is 9.97 Å². The van der Waals surface area contributed by atoms with E-state index in [1.54, 1.807) is 13.1 Å². The number of nitrogens with zero attached hydrogens (tertiary/aromatic N) is 3. The first-order chi connectivity index (χ1) is 13.5. The predicted octanol–water partition coefficient (Wildman–Crippen LogP) is 3.87. The van der Waals surface area contributed by atoms with Crippen molar-refractivity contribution in [2.75, 3.05) is 29.9 Å². The van der Waals surface area contributed by atoms with Crippen LogP contribution in [0.25, 0.3) is 0 Å². The highest BCUT2D eigenvalue weighted by molar-refractivity contribution is 5.94. The van der Waals surface area contributed by atoms with Gasteiger partial charge in [0.1, 0.15) is 11.4 Å². The monoisotopic (exact) mass is 380 g/mol. The molecule has 1 aliphatic carbocycles. The van der Waals surface area contributed by atoms with E-state index in [4.69, 9.17) is 9.72 Å². The van der Waals surface area contributed by atoms with Crippen molar-refractivity contribution in [2.45, 2.75) is 46.6 Å². The molecule has 0 atom stereocenters. The lowest BCUT2D eigenvalue weighted by molar-refractivity contribution is 0.0526. The molecular formula is C22H28N4O2. The van der Waals surface area contributed by atoms with Gasteiger partial charge in [0, 0.05) is 25.8 Å². The molecule has 1 aliphatic heterocycles. The van der Waals surface area contributed by atoms with E-state index in [1.165, 1.54) is 30.4 Å². The van der Waals surface area contributed by atoms with Gasteiger partial charge in [0.25, 0.3) is 0 Å². The molecule has 2 fully saturated rings. The molecule has 0 bridgehead atoms. The largest absolute Gasteiger partial charge is 0.462 e. The van der Waals surface area contributed by atoms with Gasteiger partial charge in [-0.25, -0.2) is 9.78 Å². The zero-order valence-corrected chi connectivity index (χ0v) is 16.9. The van der Waals surface area contributed by atoms with E-state index in [2.05, 4.69) is 47.2 Å². The first kappa shape index (κ1) is 18.7. The van der Waals surface area contributed by atoms with E-state index < -0.39 is 5.97 Å². The highest BCUT2D eigenvalue weighted by Crippen LogP contribution is 2.53. The smallest absolute Gasteiger partial charge is 0.343 e. The molecule has 28 heavy (non-hydrogen) atoms. The Morgan fingerprint density at radius 3 is 2.75 bits per heavy atom. The number of rotatable bonds is 6. The van der Waals surface area contributed by atoms with Crippen LogP contribution in [0.5, 0.6) is 0 Å². The third kappa shape index (κ3) is 3.81. The van der Waals surface area contributed by atoms with Gasteiger partial charge in [-0.1, -0.05) is 18.2 Å². The summed E-state index contributed by atoms with van der Waals surface area (Å²) in [5.74, 6) is 0.842. The zero-order valence-electron chi connectivity index (χ0n) is 16.9. The molecule has 1 saturated heterocycles. The van der Waals surface area contributed by atoms with Crippen LogP contribution in [0.1, 0.15) is 53.2 Å². The second-order valence-electron chi connectivity index (χ2n) is 8.10. The standard InChI is InChI=1S/C22H28N4O2/c1-4-28-20(27)18-13-24-21(26-10-9-22(14-26)7-8-22)25-19(18)23-12-17-6-5-15(2)16(3)11-17/h5-6,11,13H,4,7-10,12,14H2,1-3H3,(H,23,24,25). The second kappa shape index (κ2) is 7.41. The molecule has 0 amide bonds. The minimum Gasteiger partial charge on any atom is -0.462 e. The van der Waals surface area contributed by atoms with Gasteiger partial charge in [-0.2, -0.15) is 4.98 Å². The number of aromatic nitrogens is 2. The fraction of sp³-hybridized carbons (Fsp3) is 0.500. The molecule has 6 nitrogen and oxygen atoms in total. The Hall–Kier alpha value is -2.63. The molecule has 148 valence electrons. The lowest BCUT2D eigenvalue weighted by Crippen LogP contribution is -2.24. The van der Waals surface area contributed by atoms with Gasteiger partial charge >= 0.3 is 5.97 Å². The number of anilines is 2. The average molecular weight is 380 g/mol. The predicted molar refractivity (Wildman–Crippen MR) is 110 cm³/mol. The summed E-state index contributed by atoms with van der Waals surface area (Å²) in [6.07, 6.45) is 5.42. The van der Waals surface area contributed by atoms with E-state index in [-0.39, 0.29) is 0 Å². The molecule has 6 heteroatoms. The minimum atomic E-state index is -0.392. The van der Waals surface area contributed by atoms with Gasteiger partial charge in [0.05, 0.1) is 6.61 Å². The van der Waals surface area contributed by atoms with Gasteiger partial charge in [-0.15, -0.1) is 0 Å². The van der Waals surface area contributed by atoms with Gasteiger partial charge in [-0.3, -0.25) is 0 Å². The van der Waals surface area contributed by atoms with Crippen LogP contribution in [0.3, 0.4) is 0 Å². The molecule has 2 aromatic rings. The Bertz CT molecular complexity index is 892. The van der Waals surface area contributed by atoms with E-state index >= 15 is 0 Å². The molecule has 2 aliphatic rings. The quantitative estimate of drug-likeness (QED) is 0.768. The summed E-state index contributed by atoms with van der Waals surface area (Å²) >= 11 is 0. The first-order valence-electron chi connectivity index (χ1n) is 10.1. The summed E-state index contributed by atoms with van der Waals surface area (Å²) in [4.78, 5) is 23.8. The maximum absolute atomic E-state index is 12.4. The molecule has 1 aromatic heterocycles. The van der Waals surface area contributed by atoms with Crippen molar-refractivity contribution < 1.29 is 9.53 Å². The van der Waals surface area contributed by atoms with Crippen LogP contribution in [0.15, 0.2) is 24.4 Å². The minimum absolute atomic E-state index is 0.325. The Morgan fingerprint density at radius 2 is 2.07 bits per heavy atom. The first-order valence-corrected chi connectivity index (χ1v) is 10.1. The lowest BCUT2D eigenvalue weighted by atomic mass is 10.1. The third-order valence-corrected chi connectivity index (χ3v) is 5.98. The van der Waals surface area contributed by atoms with E-state index in [1.807, 2.05) is 0 Å². The maximum atomic E-state index is 12.4. The number of hydrogen-bond donors (Lipinski definition) is 1. The summed E-state index contributed by atoms with van der Waals surface area (Å²) in [6.45, 7) is 8.92. The summed E-state index contributed by atoms with van der Waals surface area (Å²) in [5.41, 5.74) is 4.55. The number of carbonyl (C=O) groups is 1. The zero-order chi connectivity index (χ0) is 19.7. The van der Waals surface area contributed by atoms with E-state index in [9.17, 15) is 4.79 Å². The summed E-state index contributed by atoms with van der Waals surface area (Å²) < 4.78 is 5.19. The number of aryl methyl sites for hydroxylation is 2.